The Labute approximate surface area is 145 Å². The number of nitrogens with zero attached hydrogens (tertiary/aromatic N) is 3. The normalized spacial score (nSPS) is 10.5. The Morgan fingerprint density at radius 3 is 2.58 bits per heavy atom. The zero-order chi connectivity index (χ0) is 17.1. The molecule has 0 atom stereocenters. The van der Waals surface area contributed by atoms with Crippen molar-refractivity contribution in [1.29, 1.82) is 0 Å². The van der Waals surface area contributed by atoms with Gasteiger partial charge in [0.05, 0.1) is 12.4 Å². The van der Waals surface area contributed by atoms with E-state index in [1.165, 1.54) is 24.2 Å². The van der Waals surface area contributed by atoms with Gasteiger partial charge < -0.3 is 5.73 Å². The van der Waals surface area contributed by atoms with Gasteiger partial charge in [-0.05, 0) is 18.4 Å². The molecule has 7 nitrogen and oxygen atoms in total. The van der Waals surface area contributed by atoms with Crippen molar-refractivity contribution >= 4 is 40.0 Å². The third-order valence-electron chi connectivity index (χ3n) is 3.13. The maximum absolute atomic E-state index is 12.6. The number of thioether (sulfide) groups is 1. The predicted molar refractivity (Wildman–Crippen MR) is 93.9 cm³/mol. The molecule has 24 heavy (non-hydrogen) atoms. The first-order chi connectivity index (χ1) is 11.6. The zero-order valence-corrected chi connectivity index (χ0v) is 14.2. The number of carbonyl (C=O) groups is 2. The lowest BCUT2D eigenvalue weighted by molar-refractivity contribution is 0.0999. The topological polar surface area (TPSA) is 103 Å². The van der Waals surface area contributed by atoms with Crippen molar-refractivity contribution in [2.24, 2.45) is 5.73 Å². The van der Waals surface area contributed by atoms with Crippen LogP contribution in [0.5, 0.6) is 0 Å². The summed E-state index contributed by atoms with van der Waals surface area (Å²) in [5, 5.41) is 3.68. The van der Waals surface area contributed by atoms with E-state index in [-0.39, 0.29) is 10.8 Å². The first-order valence-electron chi connectivity index (χ1n) is 6.84. The Bertz CT molecular complexity index is 888. The van der Waals surface area contributed by atoms with Gasteiger partial charge in [0.25, 0.3) is 11.8 Å². The molecule has 3 aromatic rings. The van der Waals surface area contributed by atoms with Gasteiger partial charge in [-0.1, -0.05) is 41.3 Å². The fourth-order valence-electron chi connectivity index (χ4n) is 2.07. The highest BCUT2D eigenvalue weighted by Crippen LogP contribution is 2.23. The minimum Gasteiger partial charge on any atom is -0.365 e. The molecule has 2 heterocycles. The van der Waals surface area contributed by atoms with Crippen molar-refractivity contribution in [2.45, 2.75) is 5.16 Å². The van der Waals surface area contributed by atoms with Gasteiger partial charge in [0, 0.05) is 5.69 Å². The van der Waals surface area contributed by atoms with E-state index in [2.05, 4.69) is 15.3 Å². The number of para-hydroxylation sites is 1. The summed E-state index contributed by atoms with van der Waals surface area (Å²) in [6.45, 7) is 0. The third kappa shape index (κ3) is 3.17. The molecular weight excluding hydrogens is 346 g/mol. The second kappa shape index (κ2) is 6.85. The smallest absolute Gasteiger partial charge is 0.276 e. The molecule has 1 aromatic carbocycles. The van der Waals surface area contributed by atoms with Crippen molar-refractivity contribution in [2.75, 3.05) is 11.6 Å². The van der Waals surface area contributed by atoms with E-state index in [9.17, 15) is 9.59 Å². The molecule has 0 fully saturated rings. The lowest BCUT2D eigenvalue weighted by Gasteiger charge is -2.10. The number of hydrogen-bond acceptors (Lipinski definition) is 6. The van der Waals surface area contributed by atoms with E-state index in [1.807, 2.05) is 36.6 Å². The highest BCUT2D eigenvalue weighted by molar-refractivity contribution is 7.98. The number of nitrogens with one attached hydrogen (secondary N) is 1. The molecule has 0 bridgehead atoms. The number of carbonyl (C=O) groups excluding carboxylic acids is 2. The Kier molecular flexibility index (Phi) is 4.63. The maximum atomic E-state index is 12.6. The molecule has 122 valence electrons. The average Bonchev–Trinajstić information content (AvgIpc) is 3.22. The number of hydrogen-bond donors (Lipinski definition) is 2. The van der Waals surface area contributed by atoms with Crippen molar-refractivity contribution in [3.05, 3.63) is 53.3 Å². The number of rotatable bonds is 5. The second-order valence-corrected chi connectivity index (χ2v) is 6.45. The quantitative estimate of drug-likeness (QED) is 0.681. The Morgan fingerprint density at radius 2 is 1.96 bits per heavy atom. The van der Waals surface area contributed by atoms with Gasteiger partial charge in [-0.3, -0.25) is 19.5 Å². The summed E-state index contributed by atoms with van der Waals surface area (Å²) >= 11 is 2.47. The van der Waals surface area contributed by atoms with Crippen LogP contribution in [0, 0.1) is 0 Å². The summed E-state index contributed by atoms with van der Waals surface area (Å²) in [6, 6.07) is 9.47. The van der Waals surface area contributed by atoms with Gasteiger partial charge in [-0.2, -0.15) is 0 Å². The zero-order valence-electron chi connectivity index (χ0n) is 12.6. The SMILES string of the molecule is CSc1ncc(C(=O)Nc2ncc(C(N)=O)s2)n1-c1ccccc1. The summed E-state index contributed by atoms with van der Waals surface area (Å²) in [5.41, 5.74) is 6.40. The van der Waals surface area contributed by atoms with Crippen LogP contribution in [0.25, 0.3) is 5.69 Å². The molecule has 0 radical (unpaired) electrons. The molecule has 0 spiro atoms. The fraction of sp³-hybridized carbons (Fsp3) is 0.0667. The van der Waals surface area contributed by atoms with Crippen LogP contribution >= 0.6 is 23.1 Å². The molecule has 0 aliphatic rings. The molecule has 0 saturated heterocycles. The number of thiazole rings is 1. The molecule has 0 aliphatic heterocycles. The van der Waals surface area contributed by atoms with E-state index >= 15 is 0 Å². The average molecular weight is 359 g/mol. The van der Waals surface area contributed by atoms with Crippen molar-refractivity contribution in [3.63, 3.8) is 0 Å². The number of primary amides is 1. The lowest BCUT2D eigenvalue weighted by atomic mass is 10.3. The molecule has 3 rings (SSSR count). The summed E-state index contributed by atoms with van der Waals surface area (Å²) in [5.74, 6) is -0.941. The first kappa shape index (κ1) is 16.2. The standard InChI is InChI=1S/C15H13N5O2S2/c1-23-15-18-7-10(20(15)9-5-3-2-4-6-9)13(22)19-14-17-8-11(24-14)12(16)21/h2-8H,1H3,(H2,16,21)(H,17,19,22). The van der Waals surface area contributed by atoms with E-state index in [4.69, 9.17) is 5.73 Å². The van der Waals surface area contributed by atoms with E-state index < -0.39 is 5.91 Å². The monoisotopic (exact) mass is 359 g/mol. The van der Waals surface area contributed by atoms with Crippen LogP contribution in [-0.4, -0.2) is 32.6 Å². The number of anilines is 1. The molecule has 0 saturated carbocycles. The summed E-state index contributed by atoms with van der Waals surface area (Å²) in [6.07, 6.45) is 4.74. The van der Waals surface area contributed by atoms with Gasteiger partial charge in [0.2, 0.25) is 0 Å². The fourth-order valence-corrected chi connectivity index (χ4v) is 3.28. The molecule has 3 N–H and O–H groups in total. The Balaban J connectivity index is 1.92. The number of benzene rings is 1. The molecule has 9 heteroatoms. The van der Waals surface area contributed by atoms with Crippen LogP contribution in [0.4, 0.5) is 5.13 Å². The molecule has 0 unspecified atom stereocenters. The molecule has 2 aromatic heterocycles. The Hall–Kier alpha value is -2.65. The number of imidazole rings is 1. The largest absolute Gasteiger partial charge is 0.365 e. The Morgan fingerprint density at radius 1 is 1.21 bits per heavy atom. The van der Waals surface area contributed by atoms with Crippen molar-refractivity contribution in [3.8, 4) is 5.69 Å². The molecule has 0 aliphatic carbocycles. The first-order valence-corrected chi connectivity index (χ1v) is 8.88. The van der Waals surface area contributed by atoms with Crippen LogP contribution in [0.15, 0.2) is 47.9 Å². The van der Waals surface area contributed by atoms with Crippen LogP contribution < -0.4 is 11.1 Å². The van der Waals surface area contributed by atoms with Gasteiger partial charge >= 0.3 is 0 Å². The lowest BCUT2D eigenvalue weighted by Crippen LogP contribution is -2.16. The van der Waals surface area contributed by atoms with E-state index in [0.717, 1.165) is 17.0 Å². The van der Waals surface area contributed by atoms with Gasteiger partial charge in [-0.15, -0.1) is 0 Å². The highest BCUT2D eigenvalue weighted by atomic mass is 32.2. The highest BCUT2D eigenvalue weighted by Gasteiger charge is 2.19. The van der Waals surface area contributed by atoms with Crippen LogP contribution in [-0.2, 0) is 0 Å². The van der Waals surface area contributed by atoms with Crippen LogP contribution in [0.3, 0.4) is 0 Å². The van der Waals surface area contributed by atoms with E-state index in [0.29, 0.717) is 16.0 Å². The van der Waals surface area contributed by atoms with Gasteiger partial charge in [-0.25, -0.2) is 9.97 Å². The predicted octanol–water partition coefficient (Wildman–Crippen LogP) is 2.40. The van der Waals surface area contributed by atoms with Crippen LogP contribution in [0.2, 0.25) is 0 Å². The van der Waals surface area contributed by atoms with Crippen LogP contribution in [0.1, 0.15) is 20.2 Å². The van der Waals surface area contributed by atoms with Gasteiger partial charge in [0.15, 0.2) is 10.3 Å². The van der Waals surface area contributed by atoms with Gasteiger partial charge in [0.1, 0.15) is 10.6 Å². The van der Waals surface area contributed by atoms with E-state index in [1.54, 1.807) is 4.57 Å². The molecule has 2 amide bonds. The minimum atomic E-state index is -0.577. The third-order valence-corrected chi connectivity index (χ3v) is 4.71. The number of amides is 2. The number of nitrogens with two attached hydrogens (primary N) is 1. The molecular formula is C15H13N5O2S2. The summed E-state index contributed by atoms with van der Waals surface area (Å²) in [7, 11) is 0. The summed E-state index contributed by atoms with van der Waals surface area (Å²) < 4.78 is 1.77. The van der Waals surface area contributed by atoms with Crippen molar-refractivity contribution in [1.82, 2.24) is 14.5 Å². The minimum absolute atomic E-state index is 0.284. The maximum Gasteiger partial charge on any atom is 0.276 e. The summed E-state index contributed by atoms with van der Waals surface area (Å²) in [4.78, 5) is 32.2. The van der Waals surface area contributed by atoms with Crippen molar-refractivity contribution < 1.29 is 9.59 Å². The second-order valence-electron chi connectivity index (χ2n) is 4.65. The number of aromatic nitrogens is 3.